The Labute approximate surface area is 199 Å². The molecule has 0 aromatic heterocycles. The summed E-state index contributed by atoms with van der Waals surface area (Å²) in [6.45, 7) is 8.64. The third kappa shape index (κ3) is 14.0. The largest absolute Gasteiger partial charge is 0.508 e. The molecule has 0 saturated heterocycles. The Morgan fingerprint density at radius 1 is 0.844 bits per heavy atom. The molecule has 0 radical (unpaired) electrons. The average molecular weight is 437 g/mol. The number of unbranched alkanes of at least 4 members (excludes halogenated alkanes) is 2. The van der Waals surface area contributed by atoms with Gasteiger partial charge in [0.25, 0.3) is 0 Å². The van der Waals surface area contributed by atoms with E-state index in [9.17, 15) is 0 Å². The van der Waals surface area contributed by atoms with E-state index in [4.69, 9.17) is 5.11 Å². The maximum absolute atomic E-state index is 9.16. The summed E-state index contributed by atoms with van der Waals surface area (Å²) in [6.07, 6.45) is 22.9. The highest BCUT2D eigenvalue weighted by Gasteiger charge is 2.14. The smallest absolute Gasteiger partial charge is 0.115 e. The van der Waals surface area contributed by atoms with E-state index in [0.29, 0.717) is 5.75 Å². The quantitative estimate of drug-likeness (QED) is 0.322. The lowest BCUT2D eigenvalue weighted by molar-refractivity contribution is 0.442. The summed E-state index contributed by atoms with van der Waals surface area (Å²) in [4.78, 5) is 0. The Morgan fingerprint density at radius 2 is 1.44 bits per heavy atom. The van der Waals surface area contributed by atoms with Crippen LogP contribution in [0.15, 0.2) is 54.6 Å². The van der Waals surface area contributed by atoms with Crippen LogP contribution in [0.2, 0.25) is 0 Å². The van der Waals surface area contributed by atoms with Gasteiger partial charge in [0.2, 0.25) is 0 Å². The standard InChI is InChI=1S/C15H24.C12H16O.C2H6.C2H2/c1-3-14(2)10-6-4-7-11-15-12-8-5-9-13-15;13-12-8-6-11(7-9-12)10-4-2-1-3-5-10;2*1-2/h5,8-9,12-14H,3-4,6-7,10-11H2,1-2H3;6-10,13H,1-5H2;1-2H3;1-2H. The van der Waals surface area contributed by atoms with Crippen LogP contribution < -0.4 is 0 Å². The van der Waals surface area contributed by atoms with E-state index in [2.05, 4.69) is 69.2 Å². The van der Waals surface area contributed by atoms with Gasteiger partial charge in [0.1, 0.15) is 5.75 Å². The first kappa shape index (κ1) is 29.8. The predicted octanol–water partition coefficient (Wildman–Crippen LogP) is 9.55. The number of phenols is 1. The van der Waals surface area contributed by atoms with Crippen LogP contribution in [0.25, 0.3) is 0 Å². The van der Waals surface area contributed by atoms with Gasteiger partial charge in [-0.3, -0.25) is 0 Å². The van der Waals surface area contributed by atoms with E-state index < -0.39 is 0 Å². The Morgan fingerprint density at radius 3 is 2.00 bits per heavy atom. The van der Waals surface area contributed by atoms with Crippen LogP contribution in [0, 0.1) is 18.8 Å². The molecule has 0 bridgehead atoms. The van der Waals surface area contributed by atoms with E-state index in [0.717, 1.165) is 11.8 Å². The van der Waals surface area contributed by atoms with Crippen molar-refractivity contribution in [2.45, 2.75) is 104 Å². The van der Waals surface area contributed by atoms with Crippen molar-refractivity contribution in [3.8, 4) is 18.6 Å². The SMILES string of the molecule is C#C.CC.CCC(C)CCCCCc1ccccc1.Oc1ccc(C2CCCCC2)cc1. The van der Waals surface area contributed by atoms with E-state index >= 15 is 0 Å². The molecule has 1 aliphatic carbocycles. The molecule has 2 aromatic rings. The van der Waals surface area contributed by atoms with Crippen molar-refractivity contribution >= 4 is 0 Å². The first-order chi connectivity index (χ1) is 15.7. The maximum Gasteiger partial charge on any atom is 0.115 e. The summed E-state index contributed by atoms with van der Waals surface area (Å²) >= 11 is 0. The lowest BCUT2D eigenvalue weighted by Crippen LogP contribution is -2.03. The molecule has 32 heavy (non-hydrogen) atoms. The van der Waals surface area contributed by atoms with Crippen LogP contribution in [0.4, 0.5) is 0 Å². The highest BCUT2D eigenvalue weighted by molar-refractivity contribution is 5.28. The topological polar surface area (TPSA) is 20.2 Å². The van der Waals surface area contributed by atoms with Crippen molar-refractivity contribution in [1.29, 1.82) is 0 Å². The molecule has 1 aliphatic rings. The Kier molecular flexibility index (Phi) is 19.3. The fraction of sp³-hybridized carbons (Fsp3) is 0.548. The lowest BCUT2D eigenvalue weighted by Gasteiger charge is -2.21. The normalized spacial score (nSPS) is 13.8. The summed E-state index contributed by atoms with van der Waals surface area (Å²) in [5, 5.41) is 9.16. The van der Waals surface area contributed by atoms with Gasteiger partial charge in [0, 0.05) is 0 Å². The van der Waals surface area contributed by atoms with Crippen LogP contribution in [0.3, 0.4) is 0 Å². The third-order valence-electron chi connectivity index (χ3n) is 6.17. The predicted molar refractivity (Wildman–Crippen MR) is 143 cm³/mol. The number of aryl methyl sites for hydroxylation is 1. The number of terminal acetylenes is 1. The fourth-order valence-electron chi connectivity index (χ4n) is 4.03. The zero-order valence-corrected chi connectivity index (χ0v) is 21.2. The highest BCUT2D eigenvalue weighted by Crippen LogP contribution is 2.32. The molecule has 1 unspecified atom stereocenters. The zero-order valence-electron chi connectivity index (χ0n) is 21.2. The highest BCUT2D eigenvalue weighted by atomic mass is 16.3. The van der Waals surface area contributed by atoms with Crippen molar-refractivity contribution in [3.63, 3.8) is 0 Å². The first-order valence-corrected chi connectivity index (χ1v) is 12.8. The second kappa shape index (κ2) is 20.7. The monoisotopic (exact) mass is 436 g/mol. The van der Waals surface area contributed by atoms with Crippen molar-refractivity contribution < 1.29 is 5.11 Å². The molecule has 0 heterocycles. The molecular formula is C31H48O. The minimum atomic E-state index is 0.375. The second-order valence-electron chi connectivity index (χ2n) is 8.52. The molecule has 3 rings (SSSR count). The van der Waals surface area contributed by atoms with Gasteiger partial charge in [-0.25, -0.2) is 0 Å². The summed E-state index contributed by atoms with van der Waals surface area (Å²) < 4.78 is 0. The van der Waals surface area contributed by atoms with Gasteiger partial charge in [-0.05, 0) is 60.8 Å². The van der Waals surface area contributed by atoms with Crippen molar-refractivity contribution in [2.24, 2.45) is 5.92 Å². The summed E-state index contributed by atoms with van der Waals surface area (Å²) in [5.41, 5.74) is 2.89. The lowest BCUT2D eigenvalue weighted by atomic mass is 9.84. The van der Waals surface area contributed by atoms with Gasteiger partial charge in [-0.1, -0.05) is 115 Å². The molecule has 0 spiro atoms. The summed E-state index contributed by atoms with van der Waals surface area (Å²) in [7, 11) is 0. The number of aromatic hydroxyl groups is 1. The number of hydrogen-bond donors (Lipinski definition) is 1. The molecule has 178 valence electrons. The molecule has 1 nitrogen and oxygen atoms in total. The minimum Gasteiger partial charge on any atom is -0.508 e. The van der Waals surface area contributed by atoms with Crippen LogP contribution in [0.5, 0.6) is 5.75 Å². The van der Waals surface area contributed by atoms with Gasteiger partial charge in [-0.2, -0.15) is 0 Å². The molecule has 1 N–H and O–H groups in total. The molecule has 1 fully saturated rings. The van der Waals surface area contributed by atoms with Crippen LogP contribution in [-0.4, -0.2) is 5.11 Å². The molecule has 0 amide bonds. The van der Waals surface area contributed by atoms with Gasteiger partial charge < -0.3 is 5.11 Å². The first-order valence-electron chi connectivity index (χ1n) is 12.8. The Hall–Kier alpha value is -2.20. The molecule has 1 heteroatoms. The Bertz CT molecular complexity index is 650. The van der Waals surface area contributed by atoms with Gasteiger partial charge in [-0.15, -0.1) is 12.8 Å². The molecular weight excluding hydrogens is 388 g/mol. The summed E-state index contributed by atoms with van der Waals surface area (Å²) in [5.74, 6) is 2.04. The van der Waals surface area contributed by atoms with E-state index in [-0.39, 0.29) is 0 Å². The van der Waals surface area contributed by atoms with E-state index in [1.54, 1.807) is 12.1 Å². The summed E-state index contributed by atoms with van der Waals surface area (Å²) in [6, 6.07) is 18.5. The number of benzene rings is 2. The number of phenolic OH excluding ortho intramolecular Hbond substituents is 1. The van der Waals surface area contributed by atoms with Crippen LogP contribution in [-0.2, 0) is 6.42 Å². The van der Waals surface area contributed by atoms with E-state index in [1.165, 1.54) is 81.8 Å². The second-order valence-corrected chi connectivity index (χ2v) is 8.52. The molecule has 2 aromatic carbocycles. The van der Waals surface area contributed by atoms with Gasteiger partial charge in [0.05, 0.1) is 0 Å². The van der Waals surface area contributed by atoms with Crippen molar-refractivity contribution in [2.75, 3.05) is 0 Å². The third-order valence-corrected chi connectivity index (χ3v) is 6.17. The van der Waals surface area contributed by atoms with E-state index in [1.807, 2.05) is 13.8 Å². The molecule has 0 aliphatic heterocycles. The maximum atomic E-state index is 9.16. The zero-order chi connectivity index (χ0) is 24.0. The molecule has 1 saturated carbocycles. The molecule has 1 atom stereocenters. The van der Waals surface area contributed by atoms with Gasteiger partial charge >= 0.3 is 0 Å². The number of hydrogen-bond acceptors (Lipinski definition) is 1. The minimum absolute atomic E-state index is 0.375. The van der Waals surface area contributed by atoms with Crippen molar-refractivity contribution in [3.05, 3.63) is 65.7 Å². The number of rotatable bonds is 8. The fourth-order valence-corrected chi connectivity index (χ4v) is 4.03. The van der Waals surface area contributed by atoms with Crippen molar-refractivity contribution in [1.82, 2.24) is 0 Å². The van der Waals surface area contributed by atoms with Gasteiger partial charge in [0.15, 0.2) is 0 Å². The average Bonchev–Trinajstić information content (AvgIpc) is 2.88. The van der Waals surface area contributed by atoms with Crippen LogP contribution >= 0.6 is 0 Å². The van der Waals surface area contributed by atoms with Crippen LogP contribution in [0.1, 0.15) is 109 Å². The Balaban J connectivity index is 0.000000523.